The van der Waals surface area contributed by atoms with Gasteiger partial charge in [0.2, 0.25) is 17.7 Å². The maximum atomic E-state index is 11.5. The molecular weight excluding hydrogens is 308 g/mol. The number of aromatic amines is 1. The first-order valence-corrected chi connectivity index (χ1v) is 7.69. The summed E-state index contributed by atoms with van der Waals surface area (Å²) in [6, 6.07) is 3.36. The highest BCUT2D eigenvalue weighted by atomic mass is 16.3. The van der Waals surface area contributed by atoms with E-state index in [0.717, 1.165) is 17.6 Å². The standard InChI is InChI=1S/C16H16N6O2/c17-13(23)12-4-2-6-22(12)16-20-11(15(24)21-16)7-9-8-19-14-10(9)3-1-5-18-14/h1,3,5,7-8,12,24H,2,4,6H2,(H2,17,23)(H,20,21). The Labute approximate surface area is 137 Å². The lowest BCUT2D eigenvalue weighted by Crippen LogP contribution is -2.40. The molecule has 8 heteroatoms. The largest absolute Gasteiger partial charge is 0.492 e. The van der Waals surface area contributed by atoms with Crippen molar-refractivity contribution in [3.8, 4) is 5.88 Å². The minimum atomic E-state index is -0.394. The van der Waals surface area contributed by atoms with E-state index in [2.05, 4.69) is 19.9 Å². The van der Waals surface area contributed by atoms with E-state index in [1.54, 1.807) is 23.4 Å². The van der Waals surface area contributed by atoms with Crippen molar-refractivity contribution in [2.24, 2.45) is 10.7 Å². The zero-order chi connectivity index (χ0) is 16.7. The Morgan fingerprint density at radius 3 is 3.21 bits per heavy atom. The molecule has 24 heavy (non-hydrogen) atoms. The maximum absolute atomic E-state index is 11.5. The van der Waals surface area contributed by atoms with Crippen molar-refractivity contribution in [1.82, 2.24) is 15.0 Å². The minimum absolute atomic E-state index is 0.127. The number of imidazole rings is 1. The van der Waals surface area contributed by atoms with Gasteiger partial charge in [-0.25, -0.2) is 9.98 Å². The molecule has 1 fully saturated rings. The molecule has 8 nitrogen and oxygen atoms in total. The van der Waals surface area contributed by atoms with Crippen LogP contribution in [-0.2, 0) is 4.79 Å². The number of carbonyl (C=O) groups excluding carboxylic acids is 1. The number of nitrogens with two attached hydrogens (primary N) is 1. The quantitative estimate of drug-likeness (QED) is 0.784. The third-order valence-corrected chi connectivity index (χ3v) is 4.28. The molecule has 0 bridgehead atoms. The lowest BCUT2D eigenvalue weighted by molar-refractivity contribution is -0.119. The van der Waals surface area contributed by atoms with Gasteiger partial charge in [-0.1, -0.05) is 0 Å². The van der Waals surface area contributed by atoms with Gasteiger partial charge < -0.3 is 20.7 Å². The number of aliphatic imine (C=N–C) groups is 1. The third-order valence-electron chi connectivity index (χ3n) is 4.28. The van der Waals surface area contributed by atoms with Gasteiger partial charge in [0.15, 0.2) is 5.82 Å². The van der Waals surface area contributed by atoms with Crippen LogP contribution in [0, 0.1) is 0 Å². The molecule has 122 valence electrons. The van der Waals surface area contributed by atoms with Gasteiger partial charge in [0.1, 0.15) is 11.7 Å². The van der Waals surface area contributed by atoms with Gasteiger partial charge in [-0.2, -0.15) is 4.98 Å². The summed E-state index contributed by atoms with van der Waals surface area (Å²) in [6.07, 6.45) is 6.69. The highest BCUT2D eigenvalue weighted by molar-refractivity contribution is 6.20. The molecule has 0 aromatic carbocycles. The molecule has 1 amide bonds. The van der Waals surface area contributed by atoms with Crippen LogP contribution >= 0.6 is 0 Å². The number of pyridine rings is 1. The average molecular weight is 324 g/mol. The van der Waals surface area contributed by atoms with Crippen molar-refractivity contribution in [2.45, 2.75) is 18.9 Å². The van der Waals surface area contributed by atoms with Crippen LogP contribution in [0.15, 0.2) is 23.3 Å². The molecule has 2 aromatic heterocycles. The number of carbonyl (C=O) groups is 1. The number of primary amides is 1. The maximum Gasteiger partial charge on any atom is 0.240 e. The van der Waals surface area contributed by atoms with Crippen molar-refractivity contribution in [3.63, 3.8) is 0 Å². The Kier molecular flexibility index (Phi) is 3.30. The van der Waals surface area contributed by atoms with Gasteiger partial charge in [0.25, 0.3) is 0 Å². The topological polar surface area (TPSA) is 120 Å². The number of aromatic hydroxyl groups is 1. The fraction of sp³-hybridized carbons (Fsp3) is 0.250. The second-order valence-electron chi connectivity index (χ2n) is 5.78. The van der Waals surface area contributed by atoms with Crippen LogP contribution in [0.3, 0.4) is 0 Å². The number of aromatic nitrogens is 3. The Hall–Kier alpha value is -3.16. The summed E-state index contributed by atoms with van der Waals surface area (Å²) in [5.41, 5.74) is 7.61. The summed E-state index contributed by atoms with van der Waals surface area (Å²) in [5, 5.41) is 10.1. The van der Waals surface area contributed by atoms with Gasteiger partial charge in [-0.05, 0) is 31.1 Å². The Morgan fingerprint density at radius 2 is 2.38 bits per heavy atom. The van der Waals surface area contributed by atoms with E-state index in [4.69, 9.17) is 5.73 Å². The van der Waals surface area contributed by atoms with E-state index in [-0.39, 0.29) is 11.8 Å². The van der Waals surface area contributed by atoms with Crippen LogP contribution < -0.4 is 10.6 Å². The number of rotatable bonds is 3. The van der Waals surface area contributed by atoms with Crippen LogP contribution in [-0.4, -0.2) is 44.8 Å². The molecule has 1 unspecified atom stereocenters. The second kappa shape index (κ2) is 5.48. The summed E-state index contributed by atoms with van der Waals surface area (Å²) in [5.74, 6) is 0.586. The molecule has 2 aliphatic rings. The van der Waals surface area contributed by atoms with E-state index in [9.17, 15) is 9.90 Å². The fourth-order valence-electron chi connectivity index (χ4n) is 3.11. The molecule has 4 N–H and O–H groups in total. The van der Waals surface area contributed by atoms with Crippen LogP contribution in [0.2, 0.25) is 0 Å². The fourth-order valence-corrected chi connectivity index (χ4v) is 3.11. The second-order valence-corrected chi connectivity index (χ2v) is 5.78. The smallest absolute Gasteiger partial charge is 0.240 e. The number of nitrogens with one attached hydrogen (secondary N) is 1. The predicted molar refractivity (Wildman–Crippen MR) is 90.1 cm³/mol. The number of amides is 1. The SMILES string of the molecule is NC(=O)C1CCCN1c1nc(O)c(C=C2C=Nc3ncccc32)[nH]1. The summed E-state index contributed by atoms with van der Waals surface area (Å²) in [4.78, 5) is 28.9. The molecule has 1 saturated heterocycles. The lowest BCUT2D eigenvalue weighted by Gasteiger charge is -2.20. The van der Waals surface area contributed by atoms with Crippen LogP contribution in [0.4, 0.5) is 11.8 Å². The highest BCUT2D eigenvalue weighted by Crippen LogP contribution is 2.33. The van der Waals surface area contributed by atoms with E-state index in [0.29, 0.717) is 30.4 Å². The first kappa shape index (κ1) is 14.4. The molecule has 0 spiro atoms. The summed E-state index contributed by atoms with van der Waals surface area (Å²) in [7, 11) is 0. The van der Waals surface area contributed by atoms with E-state index >= 15 is 0 Å². The molecule has 0 saturated carbocycles. The van der Waals surface area contributed by atoms with E-state index in [1.807, 2.05) is 12.1 Å². The van der Waals surface area contributed by atoms with Gasteiger partial charge in [0, 0.05) is 30.1 Å². The Balaban J connectivity index is 1.67. The summed E-state index contributed by atoms with van der Waals surface area (Å²) >= 11 is 0. The minimum Gasteiger partial charge on any atom is -0.492 e. The summed E-state index contributed by atoms with van der Waals surface area (Å²) < 4.78 is 0. The van der Waals surface area contributed by atoms with Crippen LogP contribution in [0.25, 0.3) is 11.6 Å². The molecular formula is C16H16N6O2. The summed E-state index contributed by atoms with van der Waals surface area (Å²) in [6.45, 7) is 0.671. The van der Waals surface area contributed by atoms with Crippen molar-refractivity contribution in [1.29, 1.82) is 0 Å². The third kappa shape index (κ3) is 2.32. The molecule has 1 atom stereocenters. The van der Waals surface area contributed by atoms with E-state index < -0.39 is 6.04 Å². The molecule has 0 radical (unpaired) electrons. The zero-order valence-corrected chi connectivity index (χ0v) is 12.8. The Morgan fingerprint density at radius 1 is 1.50 bits per heavy atom. The number of allylic oxidation sites excluding steroid dienone is 1. The van der Waals surface area contributed by atoms with Gasteiger partial charge in [-0.3, -0.25) is 4.79 Å². The number of hydrogen-bond acceptors (Lipinski definition) is 6. The number of fused-ring (bicyclic) bond motifs is 1. The molecule has 4 rings (SSSR count). The average Bonchev–Trinajstić information content (AvgIpc) is 3.27. The van der Waals surface area contributed by atoms with E-state index in [1.165, 1.54) is 0 Å². The van der Waals surface area contributed by atoms with Crippen LogP contribution in [0.5, 0.6) is 5.88 Å². The van der Waals surface area contributed by atoms with Crippen molar-refractivity contribution >= 4 is 35.5 Å². The van der Waals surface area contributed by atoms with Crippen LogP contribution in [0.1, 0.15) is 24.1 Å². The molecule has 2 aliphatic heterocycles. The monoisotopic (exact) mass is 324 g/mol. The first-order valence-electron chi connectivity index (χ1n) is 7.69. The Bertz CT molecular complexity index is 869. The van der Waals surface area contributed by atoms with Crippen molar-refractivity contribution < 1.29 is 9.90 Å². The first-order chi connectivity index (χ1) is 11.6. The number of anilines is 1. The number of nitrogens with zero attached hydrogens (tertiary/aromatic N) is 4. The molecule has 2 aromatic rings. The number of H-pyrrole nitrogens is 1. The predicted octanol–water partition coefficient (Wildman–Crippen LogP) is 1.22. The van der Waals surface area contributed by atoms with Gasteiger partial charge >= 0.3 is 0 Å². The van der Waals surface area contributed by atoms with Crippen molar-refractivity contribution in [2.75, 3.05) is 11.4 Å². The number of hydrogen-bond donors (Lipinski definition) is 3. The van der Waals surface area contributed by atoms with Gasteiger partial charge in [-0.15, -0.1) is 0 Å². The normalized spacial score (nSPS) is 20.8. The lowest BCUT2D eigenvalue weighted by atomic mass is 10.1. The zero-order valence-electron chi connectivity index (χ0n) is 12.8. The molecule has 4 heterocycles. The molecule has 0 aliphatic carbocycles. The highest BCUT2D eigenvalue weighted by Gasteiger charge is 2.31. The van der Waals surface area contributed by atoms with Gasteiger partial charge in [0.05, 0.1) is 0 Å². The van der Waals surface area contributed by atoms with Crippen molar-refractivity contribution in [3.05, 3.63) is 29.6 Å².